The Labute approximate surface area is 141 Å². The van der Waals surface area contributed by atoms with Crippen molar-refractivity contribution in [1.29, 1.82) is 0 Å². The number of carbonyl (C=O) groups is 1. The highest BCUT2D eigenvalue weighted by atomic mass is 16.5. The normalized spacial score (nSPS) is 18.2. The Kier molecular flexibility index (Phi) is 5.46. The molecule has 0 bridgehead atoms. The van der Waals surface area contributed by atoms with E-state index in [-0.39, 0.29) is 11.7 Å². The van der Waals surface area contributed by atoms with Gasteiger partial charge in [-0.05, 0) is 29.8 Å². The average Bonchev–Trinajstić information content (AvgIpc) is 2.61. The summed E-state index contributed by atoms with van der Waals surface area (Å²) < 4.78 is 11.5. The fraction of sp³-hybridized carbons (Fsp3) is 0.316. The fourth-order valence-corrected chi connectivity index (χ4v) is 2.75. The molecule has 1 atom stereocenters. The number of hydrogen-bond donors (Lipinski definition) is 1. The second-order valence-corrected chi connectivity index (χ2v) is 5.85. The smallest absolute Gasteiger partial charge is 0.335 e. The summed E-state index contributed by atoms with van der Waals surface area (Å²) in [5.74, 6) is -0.280. The van der Waals surface area contributed by atoms with Gasteiger partial charge in [-0.25, -0.2) is 4.79 Å². The lowest BCUT2D eigenvalue weighted by molar-refractivity contribution is -0.0504. The molecule has 1 unspecified atom stereocenters. The van der Waals surface area contributed by atoms with Gasteiger partial charge in [0.05, 0.1) is 12.2 Å². The molecule has 1 aliphatic rings. The van der Waals surface area contributed by atoms with E-state index >= 15 is 0 Å². The van der Waals surface area contributed by atoms with Crippen molar-refractivity contribution in [1.82, 2.24) is 4.90 Å². The van der Waals surface area contributed by atoms with Gasteiger partial charge in [0.1, 0.15) is 18.5 Å². The molecular weight excluding hydrogens is 306 g/mol. The Morgan fingerprint density at radius 2 is 1.92 bits per heavy atom. The van der Waals surface area contributed by atoms with Crippen LogP contribution in [0.25, 0.3) is 0 Å². The van der Waals surface area contributed by atoms with Gasteiger partial charge in [0.25, 0.3) is 0 Å². The first-order valence-electron chi connectivity index (χ1n) is 8.05. The summed E-state index contributed by atoms with van der Waals surface area (Å²) in [4.78, 5) is 13.2. The van der Waals surface area contributed by atoms with E-state index in [2.05, 4.69) is 29.2 Å². The van der Waals surface area contributed by atoms with Gasteiger partial charge in [0.15, 0.2) is 0 Å². The molecule has 5 nitrogen and oxygen atoms in total. The van der Waals surface area contributed by atoms with Crippen LogP contribution in [0.3, 0.4) is 0 Å². The van der Waals surface area contributed by atoms with E-state index in [0.29, 0.717) is 19.0 Å². The molecular formula is C19H21NO4. The van der Waals surface area contributed by atoms with Gasteiger partial charge in [-0.15, -0.1) is 0 Å². The number of morpholine rings is 1. The van der Waals surface area contributed by atoms with Crippen molar-refractivity contribution in [2.45, 2.75) is 12.6 Å². The van der Waals surface area contributed by atoms with E-state index in [1.54, 1.807) is 24.3 Å². The van der Waals surface area contributed by atoms with E-state index in [1.807, 2.05) is 6.07 Å². The number of rotatable bonds is 6. The first kappa shape index (κ1) is 16.5. The summed E-state index contributed by atoms with van der Waals surface area (Å²) in [6.07, 6.45) is 0.0154. The Balaban J connectivity index is 1.49. The molecule has 0 aromatic heterocycles. The van der Waals surface area contributed by atoms with Gasteiger partial charge in [-0.3, -0.25) is 4.90 Å². The van der Waals surface area contributed by atoms with E-state index in [1.165, 1.54) is 5.56 Å². The van der Waals surface area contributed by atoms with E-state index in [0.717, 1.165) is 19.6 Å². The number of carboxylic acid groups (broad SMARTS) is 1. The lowest BCUT2D eigenvalue weighted by Crippen LogP contribution is -2.44. The van der Waals surface area contributed by atoms with Crippen LogP contribution in [-0.4, -0.2) is 48.4 Å². The Morgan fingerprint density at radius 1 is 1.17 bits per heavy atom. The van der Waals surface area contributed by atoms with Gasteiger partial charge >= 0.3 is 5.97 Å². The zero-order chi connectivity index (χ0) is 16.8. The van der Waals surface area contributed by atoms with Gasteiger partial charge in [-0.2, -0.15) is 0 Å². The second-order valence-electron chi connectivity index (χ2n) is 5.85. The number of benzene rings is 2. The summed E-state index contributed by atoms with van der Waals surface area (Å²) in [6.45, 7) is 3.80. The number of nitrogens with zero attached hydrogens (tertiary/aromatic N) is 1. The molecule has 2 aromatic carbocycles. The molecule has 1 fully saturated rings. The Morgan fingerprint density at radius 3 is 2.62 bits per heavy atom. The van der Waals surface area contributed by atoms with Gasteiger partial charge in [-0.1, -0.05) is 30.3 Å². The van der Waals surface area contributed by atoms with Crippen LogP contribution in [0.1, 0.15) is 15.9 Å². The predicted molar refractivity (Wildman–Crippen MR) is 90.4 cm³/mol. The lowest BCUT2D eigenvalue weighted by Gasteiger charge is -2.32. The molecule has 3 rings (SSSR count). The third kappa shape index (κ3) is 4.57. The molecule has 24 heavy (non-hydrogen) atoms. The highest BCUT2D eigenvalue weighted by molar-refractivity contribution is 5.87. The maximum absolute atomic E-state index is 10.8. The first-order valence-corrected chi connectivity index (χ1v) is 8.05. The summed E-state index contributed by atoms with van der Waals surface area (Å²) in [5, 5.41) is 8.89. The van der Waals surface area contributed by atoms with Crippen molar-refractivity contribution in [3.05, 3.63) is 65.7 Å². The quantitative estimate of drug-likeness (QED) is 0.884. The van der Waals surface area contributed by atoms with Gasteiger partial charge < -0.3 is 14.6 Å². The summed E-state index contributed by atoms with van der Waals surface area (Å²) in [7, 11) is 0. The summed E-state index contributed by atoms with van der Waals surface area (Å²) in [6, 6.07) is 16.8. The van der Waals surface area contributed by atoms with Crippen molar-refractivity contribution >= 4 is 5.97 Å². The van der Waals surface area contributed by atoms with Crippen LogP contribution in [0.2, 0.25) is 0 Å². The van der Waals surface area contributed by atoms with E-state index < -0.39 is 5.97 Å². The average molecular weight is 327 g/mol. The second kappa shape index (κ2) is 7.95. The van der Waals surface area contributed by atoms with E-state index in [9.17, 15) is 4.79 Å². The maximum Gasteiger partial charge on any atom is 0.335 e. The van der Waals surface area contributed by atoms with Crippen LogP contribution >= 0.6 is 0 Å². The molecule has 5 heteroatoms. The monoisotopic (exact) mass is 327 g/mol. The molecule has 126 valence electrons. The minimum absolute atomic E-state index is 0.0154. The molecule has 1 N–H and O–H groups in total. The zero-order valence-electron chi connectivity index (χ0n) is 13.4. The van der Waals surface area contributed by atoms with E-state index in [4.69, 9.17) is 14.6 Å². The summed E-state index contributed by atoms with van der Waals surface area (Å²) >= 11 is 0. The third-order valence-electron chi connectivity index (χ3n) is 4.01. The molecule has 1 heterocycles. The number of aromatic carboxylic acids is 1. The third-order valence-corrected chi connectivity index (χ3v) is 4.01. The van der Waals surface area contributed by atoms with Crippen LogP contribution < -0.4 is 4.74 Å². The van der Waals surface area contributed by atoms with Crippen molar-refractivity contribution < 1.29 is 19.4 Å². The van der Waals surface area contributed by atoms with Crippen molar-refractivity contribution in [3.63, 3.8) is 0 Å². The summed E-state index contributed by atoms with van der Waals surface area (Å²) in [5.41, 5.74) is 1.55. The SMILES string of the molecule is O=C(O)c1ccc(OCC2CN(Cc3ccccc3)CCO2)cc1. The lowest BCUT2D eigenvalue weighted by atomic mass is 10.2. The molecule has 1 saturated heterocycles. The van der Waals surface area contributed by atoms with Crippen LogP contribution in [0.4, 0.5) is 0 Å². The minimum atomic E-state index is -0.936. The van der Waals surface area contributed by atoms with Crippen LogP contribution in [0.5, 0.6) is 5.75 Å². The number of hydrogen-bond acceptors (Lipinski definition) is 4. The van der Waals surface area contributed by atoms with Crippen LogP contribution in [0.15, 0.2) is 54.6 Å². The molecule has 2 aromatic rings. The molecule has 1 aliphatic heterocycles. The topological polar surface area (TPSA) is 59.0 Å². The van der Waals surface area contributed by atoms with Crippen LogP contribution in [0, 0.1) is 0 Å². The Hall–Kier alpha value is -2.37. The highest BCUT2D eigenvalue weighted by Gasteiger charge is 2.21. The number of ether oxygens (including phenoxy) is 2. The van der Waals surface area contributed by atoms with Gasteiger partial charge in [0, 0.05) is 19.6 Å². The van der Waals surface area contributed by atoms with Crippen molar-refractivity contribution in [2.24, 2.45) is 0 Å². The molecule has 0 amide bonds. The molecule has 0 aliphatic carbocycles. The van der Waals surface area contributed by atoms with Crippen molar-refractivity contribution in [3.8, 4) is 5.75 Å². The molecule has 0 radical (unpaired) electrons. The first-order chi connectivity index (χ1) is 11.7. The minimum Gasteiger partial charge on any atom is -0.491 e. The fourth-order valence-electron chi connectivity index (χ4n) is 2.75. The van der Waals surface area contributed by atoms with Crippen molar-refractivity contribution in [2.75, 3.05) is 26.3 Å². The standard InChI is InChI=1S/C19H21NO4/c21-19(22)16-6-8-17(9-7-16)24-14-18-13-20(10-11-23-18)12-15-4-2-1-3-5-15/h1-9,18H,10-14H2,(H,21,22). The predicted octanol–water partition coefficient (Wildman–Crippen LogP) is 2.66. The largest absolute Gasteiger partial charge is 0.491 e. The van der Waals surface area contributed by atoms with Gasteiger partial charge in [0.2, 0.25) is 0 Å². The highest BCUT2D eigenvalue weighted by Crippen LogP contribution is 2.15. The Bertz CT molecular complexity index is 657. The maximum atomic E-state index is 10.8. The molecule has 0 saturated carbocycles. The molecule has 0 spiro atoms. The zero-order valence-corrected chi connectivity index (χ0v) is 13.4. The number of carboxylic acids is 1. The van der Waals surface area contributed by atoms with Crippen LogP contribution in [-0.2, 0) is 11.3 Å².